The molecule has 2 rings (SSSR count). The lowest BCUT2D eigenvalue weighted by atomic mass is 9.84. The molecule has 18 heavy (non-hydrogen) atoms. The molecule has 1 aromatic rings. The molecule has 0 aromatic heterocycles. The van der Waals surface area contributed by atoms with Gasteiger partial charge in [0.25, 0.3) is 0 Å². The van der Waals surface area contributed by atoms with E-state index in [1.54, 1.807) is 18.2 Å². The lowest BCUT2D eigenvalue weighted by Gasteiger charge is -2.27. The summed E-state index contributed by atoms with van der Waals surface area (Å²) >= 11 is 0. The van der Waals surface area contributed by atoms with E-state index in [0.29, 0.717) is 6.42 Å². The van der Waals surface area contributed by atoms with Gasteiger partial charge in [0.05, 0.1) is 5.54 Å². The normalized spacial score (nSPS) is 23.2. The van der Waals surface area contributed by atoms with Gasteiger partial charge in [-0.2, -0.15) is 0 Å². The molecule has 1 atom stereocenters. The van der Waals surface area contributed by atoms with E-state index in [0.717, 1.165) is 37.8 Å². The molecule has 0 bridgehead atoms. The molecular formula is C15H21NO2. The first-order valence-corrected chi connectivity index (χ1v) is 6.72. The number of phenolic OH excluding ortho intramolecular Hbond substituents is 1. The maximum Gasteiger partial charge on any atom is 0.157 e. The Morgan fingerprint density at radius 1 is 1.50 bits per heavy atom. The third-order valence-electron chi connectivity index (χ3n) is 3.73. The first kappa shape index (κ1) is 13.1. The van der Waals surface area contributed by atoms with Crippen LogP contribution in [0.3, 0.4) is 0 Å². The molecule has 1 saturated heterocycles. The zero-order valence-electron chi connectivity index (χ0n) is 10.9. The number of Topliss-reactive ketones (excluding diaryl/α,β-unsaturated/α-hetero) is 1. The van der Waals surface area contributed by atoms with Crippen molar-refractivity contribution >= 4 is 5.78 Å². The molecule has 1 unspecified atom stereocenters. The van der Waals surface area contributed by atoms with Crippen LogP contribution in [0.5, 0.6) is 5.75 Å². The van der Waals surface area contributed by atoms with Gasteiger partial charge in [0.15, 0.2) is 5.78 Å². The Balaban J connectivity index is 2.10. The van der Waals surface area contributed by atoms with Gasteiger partial charge >= 0.3 is 0 Å². The second-order valence-corrected chi connectivity index (χ2v) is 5.13. The first-order valence-electron chi connectivity index (χ1n) is 6.72. The van der Waals surface area contributed by atoms with Crippen molar-refractivity contribution in [2.45, 2.75) is 44.6 Å². The summed E-state index contributed by atoms with van der Waals surface area (Å²) in [5.41, 5.74) is 0.574. The van der Waals surface area contributed by atoms with Crippen LogP contribution in [-0.2, 0) is 11.2 Å². The topological polar surface area (TPSA) is 49.3 Å². The smallest absolute Gasteiger partial charge is 0.157 e. The Hall–Kier alpha value is -1.35. The molecule has 3 nitrogen and oxygen atoms in total. The standard InChI is InChI=1S/C15H21NO2/c1-2-7-15(8-4-9-16-15)14(18)11-12-5-3-6-13(17)10-12/h3,5-6,10,16-17H,2,4,7-9,11H2,1H3. The highest BCUT2D eigenvalue weighted by Gasteiger charge is 2.39. The van der Waals surface area contributed by atoms with Crippen molar-refractivity contribution in [3.8, 4) is 5.75 Å². The van der Waals surface area contributed by atoms with Crippen LogP contribution >= 0.6 is 0 Å². The number of hydrogen-bond acceptors (Lipinski definition) is 3. The molecule has 98 valence electrons. The summed E-state index contributed by atoms with van der Waals surface area (Å²) in [4.78, 5) is 12.5. The molecule has 1 heterocycles. The highest BCUT2D eigenvalue weighted by atomic mass is 16.3. The molecule has 1 aromatic carbocycles. The molecular weight excluding hydrogens is 226 g/mol. The molecule has 3 heteroatoms. The number of benzene rings is 1. The number of ketones is 1. The fourth-order valence-electron chi connectivity index (χ4n) is 2.84. The second kappa shape index (κ2) is 5.53. The maximum absolute atomic E-state index is 12.5. The van der Waals surface area contributed by atoms with Gasteiger partial charge in [-0.15, -0.1) is 0 Å². The third kappa shape index (κ3) is 2.72. The SMILES string of the molecule is CCCC1(C(=O)Cc2cccc(O)c2)CCCN1. The summed E-state index contributed by atoms with van der Waals surface area (Å²) in [6.07, 6.45) is 4.34. The minimum atomic E-state index is -0.319. The Labute approximate surface area is 108 Å². The predicted octanol–water partition coefficient (Wildman–Crippen LogP) is 2.43. The summed E-state index contributed by atoms with van der Waals surface area (Å²) in [5, 5.41) is 12.8. The quantitative estimate of drug-likeness (QED) is 0.840. The van der Waals surface area contributed by atoms with Crippen molar-refractivity contribution in [2.75, 3.05) is 6.54 Å². The Morgan fingerprint density at radius 2 is 2.33 bits per heavy atom. The van der Waals surface area contributed by atoms with E-state index in [4.69, 9.17) is 0 Å². The van der Waals surface area contributed by atoms with Crippen molar-refractivity contribution in [1.29, 1.82) is 0 Å². The monoisotopic (exact) mass is 247 g/mol. The van der Waals surface area contributed by atoms with Gasteiger partial charge in [-0.05, 0) is 43.5 Å². The number of carbonyl (C=O) groups is 1. The van der Waals surface area contributed by atoms with Crippen LogP contribution in [0.25, 0.3) is 0 Å². The van der Waals surface area contributed by atoms with Crippen LogP contribution in [-0.4, -0.2) is 23.0 Å². The number of hydrogen-bond donors (Lipinski definition) is 2. The lowest BCUT2D eigenvalue weighted by Crippen LogP contribution is -2.48. The third-order valence-corrected chi connectivity index (χ3v) is 3.73. The number of nitrogens with one attached hydrogen (secondary N) is 1. The van der Waals surface area contributed by atoms with E-state index in [-0.39, 0.29) is 17.1 Å². The number of phenols is 1. The predicted molar refractivity (Wildman–Crippen MR) is 71.7 cm³/mol. The summed E-state index contributed by atoms with van der Waals surface area (Å²) in [6.45, 7) is 3.05. The molecule has 0 radical (unpaired) electrons. The number of aromatic hydroxyl groups is 1. The van der Waals surface area contributed by atoms with Gasteiger partial charge in [-0.25, -0.2) is 0 Å². The van der Waals surface area contributed by atoms with Gasteiger partial charge in [-0.1, -0.05) is 25.5 Å². The van der Waals surface area contributed by atoms with E-state index in [9.17, 15) is 9.90 Å². The van der Waals surface area contributed by atoms with Gasteiger partial charge in [0, 0.05) is 6.42 Å². The molecule has 0 saturated carbocycles. The largest absolute Gasteiger partial charge is 0.508 e. The fourth-order valence-corrected chi connectivity index (χ4v) is 2.84. The molecule has 1 fully saturated rings. The van der Waals surface area contributed by atoms with Crippen LogP contribution in [0.2, 0.25) is 0 Å². The average molecular weight is 247 g/mol. The van der Waals surface area contributed by atoms with Gasteiger partial charge in [-0.3, -0.25) is 4.79 Å². The van der Waals surface area contributed by atoms with E-state index in [2.05, 4.69) is 12.2 Å². The summed E-state index contributed by atoms with van der Waals surface area (Å²) in [7, 11) is 0. The zero-order valence-corrected chi connectivity index (χ0v) is 10.9. The van der Waals surface area contributed by atoms with Crippen molar-refractivity contribution in [3.05, 3.63) is 29.8 Å². The minimum absolute atomic E-state index is 0.226. The lowest BCUT2D eigenvalue weighted by molar-refractivity contribution is -0.124. The van der Waals surface area contributed by atoms with Gasteiger partial charge in [0.2, 0.25) is 0 Å². The molecule has 2 N–H and O–H groups in total. The Bertz CT molecular complexity index is 422. The van der Waals surface area contributed by atoms with Crippen molar-refractivity contribution in [2.24, 2.45) is 0 Å². The molecule has 0 spiro atoms. The summed E-state index contributed by atoms with van der Waals surface area (Å²) < 4.78 is 0. The molecule has 1 aliphatic rings. The summed E-state index contributed by atoms with van der Waals surface area (Å²) in [6, 6.07) is 6.98. The summed E-state index contributed by atoms with van der Waals surface area (Å²) in [5.74, 6) is 0.483. The van der Waals surface area contributed by atoms with Crippen LogP contribution in [0.15, 0.2) is 24.3 Å². The van der Waals surface area contributed by atoms with E-state index < -0.39 is 0 Å². The highest BCUT2D eigenvalue weighted by Crippen LogP contribution is 2.27. The number of rotatable bonds is 5. The molecule has 0 amide bonds. The van der Waals surface area contributed by atoms with E-state index in [1.807, 2.05) is 6.07 Å². The fraction of sp³-hybridized carbons (Fsp3) is 0.533. The van der Waals surface area contributed by atoms with Crippen molar-refractivity contribution < 1.29 is 9.90 Å². The van der Waals surface area contributed by atoms with Crippen molar-refractivity contribution in [3.63, 3.8) is 0 Å². The van der Waals surface area contributed by atoms with Crippen LogP contribution in [0.4, 0.5) is 0 Å². The van der Waals surface area contributed by atoms with Crippen LogP contribution < -0.4 is 5.32 Å². The number of carbonyl (C=O) groups excluding carboxylic acids is 1. The van der Waals surface area contributed by atoms with E-state index in [1.165, 1.54) is 0 Å². The second-order valence-electron chi connectivity index (χ2n) is 5.13. The van der Waals surface area contributed by atoms with Crippen LogP contribution in [0.1, 0.15) is 38.2 Å². The molecule has 0 aliphatic carbocycles. The Kier molecular flexibility index (Phi) is 4.02. The first-order chi connectivity index (χ1) is 8.66. The molecule has 1 aliphatic heterocycles. The van der Waals surface area contributed by atoms with Gasteiger partial charge in [0.1, 0.15) is 5.75 Å². The maximum atomic E-state index is 12.5. The Morgan fingerprint density at radius 3 is 2.94 bits per heavy atom. The minimum Gasteiger partial charge on any atom is -0.508 e. The zero-order chi connectivity index (χ0) is 13.0. The van der Waals surface area contributed by atoms with Crippen molar-refractivity contribution in [1.82, 2.24) is 5.32 Å². The van der Waals surface area contributed by atoms with Crippen LogP contribution in [0, 0.1) is 0 Å². The van der Waals surface area contributed by atoms with E-state index >= 15 is 0 Å². The average Bonchev–Trinajstić information content (AvgIpc) is 2.79. The van der Waals surface area contributed by atoms with Gasteiger partial charge < -0.3 is 10.4 Å². The highest BCUT2D eigenvalue weighted by molar-refractivity contribution is 5.90.